The predicted molar refractivity (Wildman–Crippen MR) is 75.8 cm³/mol. The van der Waals surface area contributed by atoms with Gasteiger partial charge in [-0.25, -0.2) is 0 Å². The number of rotatable bonds is 3. The van der Waals surface area contributed by atoms with E-state index in [9.17, 15) is 14.9 Å². The fourth-order valence-corrected chi connectivity index (χ4v) is 2.71. The van der Waals surface area contributed by atoms with Gasteiger partial charge < -0.3 is 10.6 Å². The highest BCUT2D eigenvalue weighted by atomic mass is 35.5. The molecule has 20 heavy (non-hydrogen) atoms. The van der Waals surface area contributed by atoms with Gasteiger partial charge in [0.25, 0.3) is 11.6 Å². The Morgan fingerprint density at radius 3 is 2.85 bits per heavy atom. The molecule has 1 unspecified atom stereocenters. The van der Waals surface area contributed by atoms with Gasteiger partial charge in [-0.2, -0.15) is 0 Å². The molecule has 1 aliphatic rings. The van der Waals surface area contributed by atoms with E-state index in [1.807, 2.05) is 0 Å². The molecule has 1 saturated heterocycles. The number of hydrogen-bond donors (Lipinski definition) is 1. The first kappa shape index (κ1) is 14.7. The molecule has 0 radical (unpaired) electrons. The maximum atomic E-state index is 12.5. The van der Waals surface area contributed by atoms with Gasteiger partial charge in [0.2, 0.25) is 0 Å². The number of nitrogens with two attached hydrogens (primary N) is 1. The molecule has 0 aromatic heterocycles. The SMILES string of the molecule is NCC1CCCCN1C(=O)c1cc(Cl)cc([N+](=O)[O-])c1. The Labute approximate surface area is 121 Å². The molecule has 108 valence electrons. The normalized spacial score (nSPS) is 18.9. The van der Waals surface area contributed by atoms with Crippen LogP contribution in [0.15, 0.2) is 18.2 Å². The average Bonchev–Trinajstić information content (AvgIpc) is 2.45. The van der Waals surface area contributed by atoms with Crippen LogP contribution in [0.3, 0.4) is 0 Å². The minimum absolute atomic E-state index is 0.00529. The third-order valence-electron chi connectivity index (χ3n) is 3.50. The molecule has 6 nitrogen and oxygen atoms in total. The number of amides is 1. The highest BCUT2D eigenvalue weighted by Crippen LogP contribution is 2.24. The second-order valence-corrected chi connectivity index (χ2v) is 5.28. The van der Waals surface area contributed by atoms with E-state index in [1.165, 1.54) is 18.2 Å². The molecule has 0 bridgehead atoms. The Kier molecular flexibility index (Phi) is 4.57. The second-order valence-electron chi connectivity index (χ2n) is 4.84. The van der Waals surface area contributed by atoms with Crippen molar-refractivity contribution in [1.82, 2.24) is 4.90 Å². The van der Waals surface area contributed by atoms with E-state index in [2.05, 4.69) is 0 Å². The monoisotopic (exact) mass is 297 g/mol. The topological polar surface area (TPSA) is 89.5 Å². The van der Waals surface area contributed by atoms with Gasteiger partial charge in [-0.15, -0.1) is 0 Å². The molecule has 1 heterocycles. The average molecular weight is 298 g/mol. The van der Waals surface area contributed by atoms with Crippen LogP contribution in [-0.2, 0) is 0 Å². The number of nitro groups is 1. The first-order valence-corrected chi connectivity index (χ1v) is 6.86. The molecule has 7 heteroatoms. The summed E-state index contributed by atoms with van der Waals surface area (Å²) >= 11 is 5.85. The molecule has 1 atom stereocenters. The quantitative estimate of drug-likeness (QED) is 0.684. The maximum absolute atomic E-state index is 12.5. The fraction of sp³-hybridized carbons (Fsp3) is 0.462. The van der Waals surface area contributed by atoms with E-state index in [-0.39, 0.29) is 28.2 Å². The smallest absolute Gasteiger partial charge is 0.271 e. The number of hydrogen-bond acceptors (Lipinski definition) is 4. The van der Waals surface area contributed by atoms with Gasteiger partial charge in [0, 0.05) is 41.9 Å². The zero-order valence-electron chi connectivity index (χ0n) is 10.9. The van der Waals surface area contributed by atoms with Crippen molar-refractivity contribution in [2.24, 2.45) is 5.73 Å². The van der Waals surface area contributed by atoms with Crippen molar-refractivity contribution in [3.8, 4) is 0 Å². The van der Waals surface area contributed by atoms with E-state index < -0.39 is 4.92 Å². The van der Waals surface area contributed by atoms with Gasteiger partial charge in [0.05, 0.1) is 4.92 Å². The van der Waals surface area contributed by atoms with Crippen molar-refractivity contribution >= 4 is 23.2 Å². The van der Waals surface area contributed by atoms with Crippen molar-refractivity contribution in [2.75, 3.05) is 13.1 Å². The number of carbonyl (C=O) groups excluding carboxylic acids is 1. The van der Waals surface area contributed by atoms with Crippen LogP contribution in [0.4, 0.5) is 5.69 Å². The molecule has 1 aromatic rings. The Balaban J connectivity index is 2.30. The molecule has 0 aliphatic carbocycles. The standard InChI is InChI=1S/C13H16ClN3O3/c14-10-5-9(6-12(7-10)17(19)20)13(18)16-4-2-1-3-11(16)8-15/h5-7,11H,1-4,8,15H2. The molecule has 2 N–H and O–H groups in total. The Morgan fingerprint density at radius 2 is 2.20 bits per heavy atom. The van der Waals surface area contributed by atoms with Crippen LogP contribution in [0.25, 0.3) is 0 Å². The number of nitrogens with zero attached hydrogens (tertiary/aromatic N) is 2. The fourth-order valence-electron chi connectivity index (χ4n) is 2.48. The summed E-state index contributed by atoms with van der Waals surface area (Å²) in [4.78, 5) is 24.4. The van der Waals surface area contributed by atoms with E-state index in [1.54, 1.807) is 4.90 Å². The van der Waals surface area contributed by atoms with Crippen LogP contribution in [-0.4, -0.2) is 34.9 Å². The highest BCUT2D eigenvalue weighted by Gasteiger charge is 2.27. The molecule has 2 rings (SSSR count). The molecule has 0 saturated carbocycles. The van der Waals surface area contributed by atoms with Gasteiger partial charge in [-0.3, -0.25) is 14.9 Å². The number of benzene rings is 1. The summed E-state index contributed by atoms with van der Waals surface area (Å²) in [7, 11) is 0. The number of carbonyl (C=O) groups is 1. The molecular formula is C13H16ClN3O3. The molecule has 0 spiro atoms. The number of non-ortho nitro benzene ring substituents is 1. The molecule has 1 fully saturated rings. The highest BCUT2D eigenvalue weighted by molar-refractivity contribution is 6.31. The zero-order valence-corrected chi connectivity index (χ0v) is 11.7. The minimum Gasteiger partial charge on any atom is -0.334 e. The van der Waals surface area contributed by atoms with Gasteiger partial charge in [0.1, 0.15) is 0 Å². The molecule has 1 aromatic carbocycles. The second kappa shape index (κ2) is 6.19. The summed E-state index contributed by atoms with van der Waals surface area (Å²) in [6.45, 7) is 1.02. The Bertz CT molecular complexity index is 536. The van der Waals surface area contributed by atoms with Crippen molar-refractivity contribution in [3.63, 3.8) is 0 Å². The first-order chi connectivity index (χ1) is 9.52. The number of nitro benzene ring substituents is 1. The van der Waals surface area contributed by atoms with Crippen molar-refractivity contribution in [2.45, 2.75) is 25.3 Å². The van der Waals surface area contributed by atoms with Crippen LogP contribution >= 0.6 is 11.6 Å². The van der Waals surface area contributed by atoms with Gasteiger partial charge in [-0.05, 0) is 25.3 Å². The summed E-state index contributed by atoms with van der Waals surface area (Å²) in [6.07, 6.45) is 2.83. The van der Waals surface area contributed by atoms with Crippen molar-refractivity contribution in [1.29, 1.82) is 0 Å². The summed E-state index contributed by atoms with van der Waals surface area (Å²) in [6, 6.07) is 3.94. The Hall–Kier alpha value is -1.66. The van der Waals surface area contributed by atoms with E-state index >= 15 is 0 Å². The predicted octanol–water partition coefficient (Wildman–Crippen LogP) is 2.20. The van der Waals surface area contributed by atoms with Crippen LogP contribution in [0.5, 0.6) is 0 Å². The lowest BCUT2D eigenvalue weighted by Gasteiger charge is -2.35. The summed E-state index contributed by atoms with van der Waals surface area (Å²) in [5.41, 5.74) is 5.75. The number of likely N-dealkylation sites (tertiary alicyclic amines) is 1. The number of halogens is 1. The summed E-state index contributed by atoms with van der Waals surface area (Å²) < 4.78 is 0. The molecule has 1 amide bonds. The lowest BCUT2D eigenvalue weighted by atomic mass is 10.0. The van der Waals surface area contributed by atoms with Crippen molar-refractivity contribution < 1.29 is 9.72 Å². The van der Waals surface area contributed by atoms with Gasteiger partial charge in [-0.1, -0.05) is 11.6 Å². The summed E-state index contributed by atoms with van der Waals surface area (Å²) in [5.74, 6) is -0.245. The number of piperidine rings is 1. The molecular weight excluding hydrogens is 282 g/mol. The van der Waals surface area contributed by atoms with E-state index in [0.29, 0.717) is 13.1 Å². The maximum Gasteiger partial charge on any atom is 0.271 e. The van der Waals surface area contributed by atoms with Crippen LogP contribution < -0.4 is 5.73 Å². The third-order valence-corrected chi connectivity index (χ3v) is 3.72. The summed E-state index contributed by atoms with van der Waals surface area (Å²) in [5, 5.41) is 11.0. The van der Waals surface area contributed by atoms with Crippen LogP contribution in [0, 0.1) is 10.1 Å². The Morgan fingerprint density at radius 1 is 1.45 bits per heavy atom. The van der Waals surface area contributed by atoms with E-state index in [0.717, 1.165) is 19.3 Å². The molecule has 1 aliphatic heterocycles. The van der Waals surface area contributed by atoms with Crippen molar-refractivity contribution in [3.05, 3.63) is 38.9 Å². The minimum atomic E-state index is -0.556. The van der Waals surface area contributed by atoms with Crippen LogP contribution in [0.1, 0.15) is 29.6 Å². The van der Waals surface area contributed by atoms with Gasteiger partial charge >= 0.3 is 0 Å². The first-order valence-electron chi connectivity index (χ1n) is 6.49. The lowest BCUT2D eigenvalue weighted by Crippen LogP contribution is -2.47. The van der Waals surface area contributed by atoms with Crippen LogP contribution in [0.2, 0.25) is 5.02 Å². The third kappa shape index (κ3) is 3.08. The zero-order chi connectivity index (χ0) is 14.7. The van der Waals surface area contributed by atoms with Gasteiger partial charge in [0.15, 0.2) is 0 Å². The largest absolute Gasteiger partial charge is 0.334 e. The van der Waals surface area contributed by atoms with E-state index in [4.69, 9.17) is 17.3 Å². The lowest BCUT2D eigenvalue weighted by molar-refractivity contribution is -0.384.